The molecular weight excluding hydrogens is 256 g/mol. The van der Waals surface area contributed by atoms with Gasteiger partial charge in [0.25, 0.3) is 0 Å². The van der Waals surface area contributed by atoms with E-state index >= 15 is 0 Å². The smallest absolute Gasteiger partial charge is 0.0364 e. The van der Waals surface area contributed by atoms with Gasteiger partial charge in [0.15, 0.2) is 0 Å². The Morgan fingerprint density at radius 1 is 1.05 bits per heavy atom. The first-order valence-electron chi connectivity index (χ1n) is 7.52. The van der Waals surface area contributed by atoms with Crippen LogP contribution in [0.25, 0.3) is 0 Å². The summed E-state index contributed by atoms with van der Waals surface area (Å²) in [6, 6.07) is 15.8. The van der Waals surface area contributed by atoms with Crippen LogP contribution >= 0.6 is 0 Å². The molecule has 0 heterocycles. The van der Waals surface area contributed by atoms with Crippen molar-refractivity contribution >= 4 is 5.69 Å². The van der Waals surface area contributed by atoms with E-state index < -0.39 is 0 Å². The van der Waals surface area contributed by atoms with Gasteiger partial charge in [0.1, 0.15) is 0 Å². The van der Waals surface area contributed by atoms with Gasteiger partial charge in [-0.25, -0.2) is 0 Å². The molecule has 0 spiro atoms. The fourth-order valence-electron chi connectivity index (χ4n) is 2.65. The standard InChI is InChI=1S/C19H26N2/c1-14-9-10-15(2)17(11-14)13-19(20-3)16-7-6-8-18(12-16)21(4)5/h6-12,19-20H,13H2,1-5H3. The van der Waals surface area contributed by atoms with Crippen LogP contribution in [0.2, 0.25) is 0 Å². The molecular formula is C19H26N2. The normalized spacial score (nSPS) is 12.2. The minimum atomic E-state index is 0.338. The van der Waals surface area contributed by atoms with Crippen LogP contribution in [0.15, 0.2) is 42.5 Å². The Balaban J connectivity index is 2.27. The Labute approximate surface area is 128 Å². The minimum absolute atomic E-state index is 0.338. The topological polar surface area (TPSA) is 15.3 Å². The molecule has 21 heavy (non-hydrogen) atoms. The van der Waals surface area contributed by atoms with Crippen LogP contribution in [-0.2, 0) is 6.42 Å². The number of hydrogen-bond acceptors (Lipinski definition) is 2. The largest absolute Gasteiger partial charge is 0.378 e. The number of rotatable bonds is 5. The Kier molecular flexibility index (Phi) is 5.03. The summed E-state index contributed by atoms with van der Waals surface area (Å²) in [7, 11) is 6.20. The van der Waals surface area contributed by atoms with Crippen LogP contribution in [0.5, 0.6) is 0 Å². The van der Waals surface area contributed by atoms with Gasteiger partial charge in [0, 0.05) is 25.8 Å². The van der Waals surface area contributed by atoms with Gasteiger partial charge < -0.3 is 10.2 Å². The van der Waals surface area contributed by atoms with Crippen LogP contribution in [0.4, 0.5) is 5.69 Å². The average molecular weight is 282 g/mol. The Bertz CT molecular complexity index is 602. The van der Waals surface area contributed by atoms with E-state index in [9.17, 15) is 0 Å². The van der Waals surface area contributed by atoms with Crippen molar-refractivity contribution in [1.29, 1.82) is 0 Å². The average Bonchev–Trinajstić information content (AvgIpc) is 2.48. The molecule has 2 aromatic carbocycles. The maximum absolute atomic E-state index is 3.46. The Morgan fingerprint density at radius 3 is 2.48 bits per heavy atom. The first-order chi connectivity index (χ1) is 10.0. The summed E-state index contributed by atoms with van der Waals surface area (Å²) in [6.07, 6.45) is 1.01. The lowest BCUT2D eigenvalue weighted by Gasteiger charge is -2.21. The quantitative estimate of drug-likeness (QED) is 0.895. The van der Waals surface area contributed by atoms with Gasteiger partial charge in [-0.1, -0.05) is 35.9 Å². The van der Waals surface area contributed by atoms with Crippen molar-refractivity contribution in [2.24, 2.45) is 0 Å². The highest BCUT2D eigenvalue weighted by molar-refractivity contribution is 5.48. The summed E-state index contributed by atoms with van der Waals surface area (Å²) in [5.74, 6) is 0. The SMILES string of the molecule is CNC(Cc1cc(C)ccc1C)c1cccc(N(C)C)c1. The summed E-state index contributed by atoms with van der Waals surface area (Å²) in [4.78, 5) is 2.15. The van der Waals surface area contributed by atoms with E-state index in [2.05, 4.69) is 80.6 Å². The van der Waals surface area contributed by atoms with Crippen molar-refractivity contribution in [3.05, 3.63) is 64.7 Å². The van der Waals surface area contributed by atoms with Crippen LogP contribution in [0.3, 0.4) is 0 Å². The second kappa shape index (κ2) is 6.77. The highest BCUT2D eigenvalue weighted by Crippen LogP contribution is 2.24. The first-order valence-corrected chi connectivity index (χ1v) is 7.52. The molecule has 0 aliphatic heterocycles. The predicted octanol–water partition coefficient (Wildman–Crippen LogP) is 3.87. The third-order valence-electron chi connectivity index (χ3n) is 4.07. The number of anilines is 1. The zero-order chi connectivity index (χ0) is 15.4. The summed E-state index contributed by atoms with van der Waals surface area (Å²) in [6.45, 7) is 4.35. The predicted molar refractivity (Wildman–Crippen MR) is 92.2 cm³/mol. The van der Waals surface area contributed by atoms with Crippen LogP contribution < -0.4 is 10.2 Å². The monoisotopic (exact) mass is 282 g/mol. The van der Waals surface area contributed by atoms with Crippen molar-refractivity contribution in [3.63, 3.8) is 0 Å². The molecule has 0 saturated heterocycles. The number of benzene rings is 2. The molecule has 1 N–H and O–H groups in total. The van der Waals surface area contributed by atoms with Crippen molar-refractivity contribution in [1.82, 2.24) is 5.32 Å². The van der Waals surface area contributed by atoms with Gasteiger partial charge in [-0.15, -0.1) is 0 Å². The highest BCUT2D eigenvalue weighted by atomic mass is 15.1. The molecule has 0 aliphatic rings. The second-order valence-electron chi connectivity index (χ2n) is 5.96. The Hall–Kier alpha value is -1.80. The lowest BCUT2D eigenvalue weighted by atomic mass is 9.94. The molecule has 0 amide bonds. The van der Waals surface area contributed by atoms with Crippen LogP contribution in [-0.4, -0.2) is 21.1 Å². The number of aryl methyl sites for hydroxylation is 2. The molecule has 0 aromatic heterocycles. The van der Waals surface area contributed by atoms with Gasteiger partial charge in [-0.05, 0) is 56.1 Å². The second-order valence-corrected chi connectivity index (χ2v) is 5.96. The van der Waals surface area contributed by atoms with Crippen molar-refractivity contribution in [2.75, 3.05) is 26.0 Å². The molecule has 1 unspecified atom stereocenters. The van der Waals surface area contributed by atoms with Gasteiger partial charge in [0.05, 0.1) is 0 Å². The van der Waals surface area contributed by atoms with E-state index in [0.717, 1.165) is 6.42 Å². The molecule has 2 heteroatoms. The van der Waals surface area contributed by atoms with Crippen LogP contribution in [0.1, 0.15) is 28.3 Å². The highest BCUT2D eigenvalue weighted by Gasteiger charge is 2.12. The first kappa shape index (κ1) is 15.6. The summed E-state index contributed by atoms with van der Waals surface area (Å²) in [5.41, 5.74) is 6.69. The zero-order valence-electron chi connectivity index (χ0n) is 13.8. The molecule has 2 rings (SSSR count). The lowest BCUT2D eigenvalue weighted by molar-refractivity contribution is 0.590. The molecule has 1 atom stereocenters. The van der Waals surface area contributed by atoms with E-state index in [-0.39, 0.29) is 0 Å². The van der Waals surface area contributed by atoms with Gasteiger partial charge in [-0.2, -0.15) is 0 Å². The van der Waals surface area contributed by atoms with E-state index in [0.29, 0.717) is 6.04 Å². The van der Waals surface area contributed by atoms with Crippen molar-refractivity contribution < 1.29 is 0 Å². The molecule has 2 aromatic rings. The molecule has 2 nitrogen and oxygen atoms in total. The third-order valence-corrected chi connectivity index (χ3v) is 4.07. The van der Waals surface area contributed by atoms with Gasteiger partial charge >= 0.3 is 0 Å². The zero-order valence-corrected chi connectivity index (χ0v) is 13.8. The minimum Gasteiger partial charge on any atom is -0.378 e. The Morgan fingerprint density at radius 2 is 1.81 bits per heavy atom. The van der Waals surface area contributed by atoms with Crippen molar-refractivity contribution in [2.45, 2.75) is 26.3 Å². The number of nitrogens with one attached hydrogen (secondary N) is 1. The lowest BCUT2D eigenvalue weighted by Crippen LogP contribution is -2.20. The maximum atomic E-state index is 3.46. The van der Waals surface area contributed by atoms with Crippen LogP contribution in [0, 0.1) is 13.8 Å². The molecule has 0 aliphatic carbocycles. The van der Waals surface area contributed by atoms with Gasteiger partial charge in [0.2, 0.25) is 0 Å². The third kappa shape index (κ3) is 3.85. The number of hydrogen-bond donors (Lipinski definition) is 1. The molecule has 0 saturated carbocycles. The molecule has 0 bridgehead atoms. The number of nitrogens with zero attached hydrogens (tertiary/aromatic N) is 1. The number of likely N-dealkylation sites (N-methyl/N-ethyl adjacent to an activating group) is 1. The van der Waals surface area contributed by atoms with E-state index in [4.69, 9.17) is 0 Å². The fourth-order valence-corrected chi connectivity index (χ4v) is 2.65. The summed E-state index contributed by atoms with van der Waals surface area (Å²) < 4.78 is 0. The fraction of sp³-hybridized carbons (Fsp3) is 0.368. The molecule has 0 radical (unpaired) electrons. The van der Waals surface area contributed by atoms with Crippen molar-refractivity contribution in [3.8, 4) is 0 Å². The van der Waals surface area contributed by atoms with E-state index in [1.54, 1.807) is 0 Å². The molecule has 0 fully saturated rings. The van der Waals surface area contributed by atoms with E-state index in [1.165, 1.54) is 27.9 Å². The summed E-state index contributed by atoms with van der Waals surface area (Å²) >= 11 is 0. The molecule has 112 valence electrons. The van der Waals surface area contributed by atoms with E-state index in [1.807, 2.05) is 7.05 Å². The van der Waals surface area contributed by atoms with Gasteiger partial charge in [-0.3, -0.25) is 0 Å². The summed E-state index contributed by atoms with van der Waals surface area (Å²) in [5, 5.41) is 3.46. The maximum Gasteiger partial charge on any atom is 0.0364 e.